The van der Waals surface area contributed by atoms with E-state index in [0.717, 1.165) is 19.3 Å². The summed E-state index contributed by atoms with van der Waals surface area (Å²) in [6.45, 7) is 2.16. The second-order valence-electron chi connectivity index (χ2n) is 3.89. The molecule has 1 saturated heterocycles. The standard InChI is InChI=1S/C12H18O3/c1-2-3-4-5-6-7-8-10-9-11(13)15-12(10)14/h5-6,10H,2-4,7-9H2,1H3. The molecule has 1 aliphatic rings. The number of hydrogen-bond acceptors (Lipinski definition) is 3. The van der Waals surface area contributed by atoms with Crippen molar-refractivity contribution >= 4 is 11.9 Å². The first-order valence-corrected chi connectivity index (χ1v) is 5.63. The average molecular weight is 210 g/mol. The Bertz CT molecular complexity index is 256. The Morgan fingerprint density at radius 2 is 2.07 bits per heavy atom. The molecule has 3 nitrogen and oxygen atoms in total. The van der Waals surface area contributed by atoms with Crippen LogP contribution in [0.15, 0.2) is 12.2 Å². The molecule has 1 heterocycles. The highest BCUT2D eigenvalue weighted by molar-refractivity contribution is 5.94. The van der Waals surface area contributed by atoms with Crippen LogP contribution in [0.4, 0.5) is 0 Å². The summed E-state index contributed by atoms with van der Waals surface area (Å²) in [5.74, 6) is -0.921. The van der Waals surface area contributed by atoms with Crippen LogP contribution in [0, 0.1) is 5.92 Å². The number of unbranched alkanes of at least 4 members (excludes halogenated alkanes) is 2. The number of esters is 2. The molecule has 0 aromatic rings. The van der Waals surface area contributed by atoms with Crippen LogP contribution in [0.5, 0.6) is 0 Å². The van der Waals surface area contributed by atoms with E-state index in [1.807, 2.05) is 0 Å². The van der Waals surface area contributed by atoms with Crippen LogP contribution in [0.1, 0.15) is 45.4 Å². The lowest BCUT2D eigenvalue weighted by atomic mass is 10.0. The average Bonchev–Trinajstić information content (AvgIpc) is 2.51. The normalized spacial score (nSPS) is 21.3. The molecule has 84 valence electrons. The van der Waals surface area contributed by atoms with E-state index in [2.05, 4.69) is 23.8 Å². The zero-order valence-corrected chi connectivity index (χ0v) is 9.20. The van der Waals surface area contributed by atoms with Gasteiger partial charge in [-0.3, -0.25) is 9.59 Å². The van der Waals surface area contributed by atoms with Crippen LogP contribution in [0.25, 0.3) is 0 Å². The van der Waals surface area contributed by atoms with Crippen molar-refractivity contribution in [2.24, 2.45) is 5.92 Å². The minimum absolute atomic E-state index is 0.201. The van der Waals surface area contributed by atoms with Crippen molar-refractivity contribution in [2.45, 2.75) is 45.4 Å². The Morgan fingerprint density at radius 1 is 1.33 bits per heavy atom. The van der Waals surface area contributed by atoms with Crippen LogP contribution in [0.3, 0.4) is 0 Å². The minimum atomic E-state index is -0.375. The van der Waals surface area contributed by atoms with Gasteiger partial charge in [-0.2, -0.15) is 0 Å². The van der Waals surface area contributed by atoms with Crippen molar-refractivity contribution in [1.82, 2.24) is 0 Å². The predicted molar refractivity (Wildman–Crippen MR) is 57.1 cm³/mol. The summed E-state index contributed by atoms with van der Waals surface area (Å²) in [6, 6.07) is 0. The molecule has 0 N–H and O–H groups in total. The van der Waals surface area contributed by atoms with Crippen LogP contribution in [0.2, 0.25) is 0 Å². The predicted octanol–water partition coefficient (Wildman–Crippen LogP) is 2.60. The lowest BCUT2D eigenvalue weighted by molar-refractivity contribution is -0.153. The maximum Gasteiger partial charge on any atom is 0.317 e. The topological polar surface area (TPSA) is 43.4 Å². The van der Waals surface area contributed by atoms with Crippen molar-refractivity contribution in [3.63, 3.8) is 0 Å². The molecule has 3 heteroatoms. The minimum Gasteiger partial charge on any atom is -0.393 e. The largest absolute Gasteiger partial charge is 0.393 e. The van der Waals surface area contributed by atoms with E-state index in [1.165, 1.54) is 12.8 Å². The summed E-state index contributed by atoms with van der Waals surface area (Å²) in [7, 11) is 0. The van der Waals surface area contributed by atoms with Gasteiger partial charge in [-0.1, -0.05) is 31.9 Å². The Hall–Kier alpha value is -1.12. The number of carbonyl (C=O) groups excluding carboxylic acids is 2. The maximum atomic E-state index is 11.1. The molecule has 0 aromatic heterocycles. The zero-order chi connectivity index (χ0) is 11.1. The third kappa shape index (κ3) is 4.28. The van der Waals surface area contributed by atoms with Gasteiger partial charge in [0.05, 0.1) is 12.3 Å². The summed E-state index contributed by atoms with van der Waals surface area (Å²) in [6.07, 6.45) is 9.60. The first-order chi connectivity index (χ1) is 7.24. The number of allylic oxidation sites excluding steroid dienone is 2. The maximum absolute atomic E-state index is 11.1. The van der Waals surface area contributed by atoms with E-state index < -0.39 is 0 Å². The summed E-state index contributed by atoms with van der Waals surface area (Å²) in [5.41, 5.74) is 0. The number of cyclic esters (lactones) is 2. The molecule has 1 unspecified atom stereocenters. The van der Waals surface area contributed by atoms with E-state index in [1.54, 1.807) is 0 Å². The molecule has 1 rings (SSSR count). The van der Waals surface area contributed by atoms with E-state index in [4.69, 9.17) is 0 Å². The van der Waals surface area contributed by atoms with Crippen LogP contribution in [-0.4, -0.2) is 11.9 Å². The van der Waals surface area contributed by atoms with Gasteiger partial charge >= 0.3 is 11.9 Å². The highest BCUT2D eigenvalue weighted by Crippen LogP contribution is 2.21. The molecule has 0 radical (unpaired) electrons. The van der Waals surface area contributed by atoms with Crippen molar-refractivity contribution in [2.75, 3.05) is 0 Å². The molecule has 0 aliphatic carbocycles. The summed E-state index contributed by atoms with van der Waals surface area (Å²) >= 11 is 0. The Kier molecular flexibility index (Phi) is 5.08. The van der Waals surface area contributed by atoms with E-state index in [9.17, 15) is 9.59 Å². The SMILES string of the molecule is CCCCC=CCCC1CC(=O)OC1=O. The fourth-order valence-electron chi connectivity index (χ4n) is 1.60. The van der Waals surface area contributed by atoms with Gasteiger partial charge in [0.1, 0.15) is 0 Å². The van der Waals surface area contributed by atoms with Crippen molar-refractivity contribution in [3.8, 4) is 0 Å². The second-order valence-corrected chi connectivity index (χ2v) is 3.89. The Balaban J connectivity index is 2.12. The second kappa shape index (κ2) is 6.38. The highest BCUT2D eigenvalue weighted by Gasteiger charge is 2.32. The van der Waals surface area contributed by atoms with E-state index in [0.29, 0.717) is 0 Å². The molecule has 0 aromatic carbocycles. The number of rotatable bonds is 6. The van der Waals surface area contributed by atoms with E-state index in [-0.39, 0.29) is 24.3 Å². The fourth-order valence-corrected chi connectivity index (χ4v) is 1.60. The molecule has 15 heavy (non-hydrogen) atoms. The molecule has 0 bridgehead atoms. The number of ether oxygens (including phenoxy) is 1. The fraction of sp³-hybridized carbons (Fsp3) is 0.667. The van der Waals surface area contributed by atoms with Gasteiger partial charge in [-0.15, -0.1) is 0 Å². The van der Waals surface area contributed by atoms with Gasteiger partial charge in [0.2, 0.25) is 0 Å². The van der Waals surface area contributed by atoms with Gasteiger partial charge in [0.25, 0.3) is 0 Å². The molecular formula is C12H18O3. The van der Waals surface area contributed by atoms with Crippen LogP contribution in [-0.2, 0) is 14.3 Å². The van der Waals surface area contributed by atoms with E-state index >= 15 is 0 Å². The van der Waals surface area contributed by atoms with Crippen molar-refractivity contribution < 1.29 is 14.3 Å². The Morgan fingerprint density at radius 3 is 2.67 bits per heavy atom. The lowest BCUT2D eigenvalue weighted by Crippen LogP contribution is -2.06. The summed E-state index contributed by atoms with van der Waals surface area (Å²) in [5, 5.41) is 0. The summed E-state index contributed by atoms with van der Waals surface area (Å²) in [4.78, 5) is 21.9. The van der Waals surface area contributed by atoms with Gasteiger partial charge in [0, 0.05) is 0 Å². The van der Waals surface area contributed by atoms with Gasteiger partial charge < -0.3 is 4.74 Å². The van der Waals surface area contributed by atoms with Gasteiger partial charge in [-0.05, 0) is 19.3 Å². The molecular weight excluding hydrogens is 192 g/mol. The highest BCUT2D eigenvalue weighted by atomic mass is 16.6. The van der Waals surface area contributed by atoms with Crippen LogP contribution >= 0.6 is 0 Å². The van der Waals surface area contributed by atoms with Gasteiger partial charge in [0.15, 0.2) is 0 Å². The third-order valence-electron chi connectivity index (χ3n) is 2.53. The van der Waals surface area contributed by atoms with Gasteiger partial charge in [-0.25, -0.2) is 0 Å². The molecule has 1 fully saturated rings. The van der Waals surface area contributed by atoms with Crippen molar-refractivity contribution in [3.05, 3.63) is 12.2 Å². The number of hydrogen-bond donors (Lipinski definition) is 0. The zero-order valence-electron chi connectivity index (χ0n) is 9.20. The lowest BCUT2D eigenvalue weighted by Gasteiger charge is -1.99. The van der Waals surface area contributed by atoms with Crippen molar-refractivity contribution in [1.29, 1.82) is 0 Å². The first-order valence-electron chi connectivity index (χ1n) is 5.63. The third-order valence-corrected chi connectivity index (χ3v) is 2.53. The quantitative estimate of drug-likeness (QED) is 0.293. The monoisotopic (exact) mass is 210 g/mol. The molecule has 1 atom stereocenters. The summed E-state index contributed by atoms with van der Waals surface area (Å²) < 4.78 is 4.47. The molecule has 1 aliphatic heterocycles. The Labute approximate surface area is 90.5 Å². The molecule has 0 saturated carbocycles. The first kappa shape index (κ1) is 12.0. The van der Waals surface area contributed by atoms with Crippen LogP contribution < -0.4 is 0 Å². The smallest absolute Gasteiger partial charge is 0.317 e. The molecule has 0 amide bonds. The number of carbonyl (C=O) groups is 2. The molecule has 0 spiro atoms.